The maximum absolute atomic E-state index is 13.0. The van der Waals surface area contributed by atoms with Gasteiger partial charge in [0.25, 0.3) is 5.91 Å². The van der Waals surface area contributed by atoms with Crippen molar-refractivity contribution in [2.45, 2.75) is 38.8 Å². The fourth-order valence-corrected chi connectivity index (χ4v) is 3.10. The monoisotopic (exact) mass is 352 g/mol. The van der Waals surface area contributed by atoms with Crippen molar-refractivity contribution in [3.8, 4) is 0 Å². The molecule has 1 unspecified atom stereocenters. The van der Waals surface area contributed by atoms with Crippen LogP contribution in [-0.2, 0) is 11.2 Å². The Bertz CT molecular complexity index is 796. The zero-order chi connectivity index (χ0) is 18.7. The summed E-state index contributed by atoms with van der Waals surface area (Å²) in [7, 11) is 0. The highest BCUT2D eigenvalue weighted by molar-refractivity contribution is 6.06. The lowest BCUT2D eigenvalue weighted by Crippen LogP contribution is -2.51. The molecule has 0 aliphatic carbocycles. The number of nitrogens with one attached hydrogen (secondary N) is 1. The van der Waals surface area contributed by atoms with E-state index < -0.39 is 11.7 Å². The molecule has 26 heavy (non-hydrogen) atoms. The van der Waals surface area contributed by atoms with Crippen LogP contribution in [0.1, 0.15) is 36.7 Å². The number of fused-ring (bicyclic) bond motifs is 1. The van der Waals surface area contributed by atoms with E-state index in [1.807, 2.05) is 63.2 Å². The van der Waals surface area contributed by atoms with E-state index in [-0.39, 0.29) is 11.9 Å². The van der Waals surface area contributed by atoms with Gasteiger partial charge >= 0.3 is 6.09 Å². The maximum Gasteiger partial charge on any atom is 0.407 e. The summed E-state index contributed by atoms with van der Waals surface area (Å²) in [6, 6.07) is 16.8. The van der Waals surface area contributed by atoms with Gasteiger partial charge in [-0.1, -0.05) is 36.4 Å². The first-order valence-corrected chi connectivity index (χ1v) is 8.78. The lowest BCUT2D eigenvalue weighted by atomic mass is 9.97. The quantitative estimate of drug-likeness (QED) is 0.895. The fourth-order valence-electron chi connectivity index (χ4n) is 3.10. The topological polar surface area (TPSA) is 58.6 Å². The molecule has 0 bridgehead atoms. The van der Waals surface area contributed by atoms with Gasteiger partial charge in [-0.15, -0.1) is 0 Å². The third-order valence-electron chi connectivity index (χ3n) is 4.14. The number of benzene rings is 2. The predicted molar refractivity (Wildman–Crippen MR) is 101 cm³/mol. The first-order chi connectivity index (χ1) is 12.3. The first-order valence-electron chi connectivity index (χ1n) is 8.78. The van der Waals surface area contributed by atoms with Crippen LogP contribution in [-0.4, -0.2) is 30.2 Å². The van der Waals surface area contributed by atoms with Crippen molar-refractivity contribution < 1.29 is 14.3 Å². The Morgan fingerprint density at radius 2 is 1.69 bits per heavy atom. The minimum absolute atomic E-state index is 0.0752. The molecule has 0 aromatic heterocycles. The average molecular weight is 352 g/mol. The van der Waals surface area contributed by atoms with Gasteiger partial charge in [0.1, 0.15) is 5.60 Å². The Balaban J connectivity index is 1.83. The molecule has 2 aromatic rings. The number of hydrogen-bond acceptors (Lipinski definition) is 3. The summed E-state index contributed by atoms with van der Waals surface area (Å²) in [5.41, 5.74) is 1.99. The van der Waals surface area contributed by atoms with Gasteiger partial charge in [0.2, 0.25) is 0 Å². The number of alkyl carbamates (subject to hydrolysis) is 1. The van der Waals surface area contributed by atoms with Crippen LogP contribution in [0, 0.1) is 0 Å². The van der Waals surface area contributed by atoms with E-state index in [1.54, 1.807) is 17.0 Å². The second kappa shape index (κ2) is 7.20. The molecular weight excluding hydrogens is 328 g/mol. The second-order valence-electron chi connectivity index (χ2n) is 7.46. The Morgan fingerprint density at radius 1 is 1.04 bits per heavy atom. The summed E-state index contributed by atoms with van der Waals surface area (Å²) in [6.07, 6.45) is 0.197. The van der Waals surface area contributed by atoms with Gasteiger partial charge in [-0.25, -0.2) is 4.79 Å². The number of nitrogens with zero attached hydrogens (tertiary/aromatic N) is 1. The molecule has 0 fully saturated rings. The Kier molecular flexibility index (Phi) is 4.98. The molecule has 1 aliphatic heterocycles. The second-order valence-corrected chi connectivity index (χ2v) is 7.46. The first kappa shape index (κ1) is 18.0. The molecule has 136 valence electrons. The van der Waals surface area contributed by atoms with Gasteiger partial charge in [-0.3, -0.25) is 4.79 Å². The fraction of sp³-hybridized carbons (Fsp3) is 0.333. The van der Waals surface area contributed by atoms with Crippen molar-refractivity contribution in [3.05, 3.63) is 65.7 Å². The lowest BCUT2D eigenvalue weighted by molar-refractivity contribution is 0.0502. The van der Waals surface area contributed by atoms with Crippen LogP contribution in [0.15, 0.2) is 54.6 Å². The molecular formula is C21H24N2O3. The third kappa shape index (κ3) is 4.23. The van der Waals surface area contributed by atoms with Crippen LogP contribution in [0.5, 0.6) is 0 Å². The Hall–Kier alpha value is -2.82. The van der Waals surface area contributed by atoms with E-state index in [4.69, 9.17) is 4.74 Å². The van der Waals surface area contributed by atoms with Gasteiger partial charge < -0.3 is 15.0 Å². The number of amides is 2. The molecule has 2 aromatic carbocycles. The van der Waals surface area contributed by atoms with Crippen LogP contribution in [0.25, 0.3) is 0 Å². The zero-order valence-corrected chi connectivity index (χ0v) is 15.4. The summed E-state index contributed by atoms with van der Waals surface area (Å²) in [6.45, 7) is 5.89. The van der Waals surface area contributed by atoms with Crippen molar-refractivity contribution in [2.24, 2.45) is 0 Å². The Labute approximate surface area is 154 Å². The van der Waals surface area contributed by atoms with E-state index in [9.17, 15) is 9.59 Å². The van der Waals surface area contributed by atoms with Crippen molar-refractivity contribution in [2.75, 3.05) is 11.4 Å². The number of para-hydroxylation sites is 1. The SMILES string of the molecule is CC(C)(C)OC(=O)NC1Cc2ccccc2N(C(=O)c2ccccc2)C1. The maximum atomic E-state index is 13.0. The number of carbonyl (C=O) groups is 2. The Morgan fingerprint density at radius 3 is 2.38 bits per heavy atom. The van der Waals surface area contributed by atoms with Crippen LogP contribution < -0.4 is 10.2 Å². The van der Waals surface area contributed by atoms with Crippen molar-refractivity contribution in [3.63, 3.8) is 0 Å². The van der Waals surface area contributed by atoms with E-state index in [1.165, 1.54) is 0 Å². The van der Waals surface area contributed by atoms with E-state index in [2.05, 4.69) is 5.32 Å². The van der Waals surface area contributed by atoms with Gasteiger partial charge in [-0.05, 0) is 51.0 Å². The number of anilines is 1. The standard InChI is InChI=1S/C21H24N2O3/c1-21(2,3)26-20(25)22-17-13-16-11-7-8-12-18(16)23(14-17)19(24)15-9-5-4-6-10-15/h4-12,17H,13-14H2,1-3H3,(H,22,25). The molecule has 1 N–H and O–H groups in total. The molecule has 5 nitrogen and oxygen atoms in total. The average Bonchev–Trinajstić information content (AvgIpc) is 2.59. The summed E-state index contributed by atoms with van der Waals surface area (Å²) < 4.78 is 5.36. The van der Waals surface area contributed by atoms with E-state index in [0.717, 1.165) is 11.3 Å². The predicted octanol–water partition coefficient (Wildman–Crippen LogP) is 3.78. The van der Waals surface area contributed by atoms with Gasteiger partial charge in [-0.2, -0.15) is 0 Å². The molecule has 1 aliphatic rings. The van der Waals surface area contributed by atoms with Crippen LogP contribution in [0.4, 0.5) is 10.5 Å². The van der Waals surface area contributed by atoms with Gasteiger partial charge in [0.05, 0.1) is 6.04 Å². The third-order valence-corrected chi connectivity index (χ3v) is 4.14. The van der Waals surface area contributed by atoms with E-state index >= 15 is 0 Å². The molecule has 0 spiro atoms. The lowest BCUT2D eigenvalue weighted by Gasteiger charge is -2.35. The van der Waals surface area contributed by atoms with Crippen LogP contribution >= 0.6 is 0 Å². The summed E-state index contributed by atoms with van der Waals surface area (Å²) >= 11 is 0. The van der Waals surface area contributed by atoms with E-state index in [0.29, 0.717) is 18.5 Å². The highest BCUT2D eigenvalue weighted by Gasteiger charge is 2.30. The molecule has 0 radical (unpaired) electrons. The molecule has 0 saturated heterocycles. The molecule has 3 rings (SSSR count). The molecule has 1 atom stereocenters. The molecule has 5 heteroatoms. The van der Waals surface area contributed by atoms with Crippen LogP contribution in [0.2, 0.25) is 0 Å². The molecule has 1 heterocycles. The molecule has 2 amide bonds. The summed E-state index contributed by atoms with van der Waals surface area (Å²) in [5, 5.41) is 2.90. The zero-order valence-electron chi connectivity index (χ0n) is 15.4. The molecule has 0 saturated carbocycles. The highest BCUT2D eigenvalue weighted by Crippen LogP contribution is 2.28. The number of hydrogen-bond donors (Lipinski definition) is 1. The minimum Gasteiger partial charge on any atom is -0.444 e. The number of carbonyl (C=O) groups excluding carboxylic acids is 2. The van der Waals surface area contributed by atoms with Crippen LogP contribution in [0.3, 0.4) is 0 Å². The van der Waals surface area contributed by atoms with Crippen molar-refractivity contribution in [1.29, 1.82) is 0 Å². The largest absolute Gasteiger partial charge is 0.444 e. The normalized spacial score (nSPS) is 16.6. The smallest absolute Gasteiger partial charge is 0.407 e. The van der Waals surface area contributed by atoms with Gasteiger partial charge in [0, 0.05) is 17.8 Å². The van der Waals surface area contributed by atoms with Gasteiger partial charge in [0.15, 0.2) is 0 Å². The highest BCUT2D eigenvalue weighted by atomic mass is 16.6. The van der Waals surface area contributed by atoms with Crippen molar-refractivity contribution >= 4 is 17.7 Å². The number of ether oxygens (including phenoxy) is 1. The minimum atomic E-state index is -0.559. The summed E-state index contributed by atoms with van der Waals surface area (Å²) in [5.74, 6) is -0.0752. The van der Waals surface area contributed by atoms with Crippen molar-refractivity contribution in [1.82, 2.24) is 5.32 Å². The summed E-state index contributed by atoms with van der Waals surface area (Å²) in [4.78, 5) is 26.9. The number of rotatable bonds is 2.